The minimum Gasteiger partial charge on any atom is -0.495 e. The minimum absolute atomic E-state index is 0.0513. The number of anilines is 1. The van der Waals surface area contributed by atoms with Crippen LogP contribution in [0.2, 0.25) is 5.02 Å². The lowest BCUT2D eigenvalue weighted by molar-refractivity contribution is -0.116. The van der Waals surface area contributed by atoms with Gasteiger partial charge in [0.1, 0.15) is 5.75 Å². The molecule has 4 nitrogen and oxygen atoms in total. The Morgan fingerprint density at radius 2 is 2.05 bits per heavy atom. The van der Waals surface area contributed by atoms with E-state index >= 15 is 0 Å². The molecule has 0 atom stereocenters. The van der Waals surface area contributed by atoms with Crippen molar-refractivity contribution in [2.24, 2.45) is 0 Å². The monoisotopic (exact) mass is 304 g/mol. The van der Waals surface area contributed by atoms with Gasteiger partial charge >= 0.3 is 0 Å². The largest absolute Gasteiger partial charge is 0.495 e. The Balaban J connectivity index is 1.86. The quantitative estimate of drug-likeness (QED) is 0.885. The van der Waals surface area contributed by atoms with Gasteiger partial charge < -0.3 is 10.1 Å². The molecule has 0 saturated carbocycles. The van der Waals surface area contributed by atoms with Crippen molar-refractivity contribution >= 4 is 23.2 Å². The SMILES string of the molecule is COc1ccc(Cl)cc1NC(=O)CCCc1ccncc1. The Labute approximate surface area is 129 Å². The number of halogens is 1. The van der Waals surface area contributed by atoms with E-state index in [0.717, 1.165) is 12.8 Å². The third-order valence-electron chi connectivity index (χ3n) is 3.05. The summed E-state index contributed by atoms with van der Waals surface area (Å²) in [7, 11) is 1.56. The van der Waals surface area contributed by atoms with Crippen molar-refractivity contribution < 1.29 is 9.53 Å². The van der Waals surface area contributed by atoms with Crippen LogP contribution >= 0.6 is 11.6 Å². The van der Waals surface area contributed by atoms with Crippen LogP contribution < -0.4 is 10.1 Å². The number of carbonyl (C=O) groups is 1. The number of benzene rings is 1. The molecule has 1 aromatic heterocycles. The fourth-order valence-corrected chi connectivity index (χ4v) is 2.17. The molecule has 0 aliphatic rings. The Morgan fingerprint density at radius 1 is 1.29 bits per heavy atom. The number of methoxy groups -OCH3 is 1. The zero-order chi connectivity index (χ0) is 15.1. The second-order valence-corrected chi connectivity index (χ2v) is 5.04. The van der Waals surface area contributed by atoms with Crippen molar-refractivity contribution in [3.05, 3.63) is 53.3 Å². The number of carbonyl (C=O) groups excluding carboxylic acids is 1. The molecular weight excluding hydrogens is 288 g/mol. The molecule has 2 aromatic rings. The number of aryl methyl sites for hydroxylation is 1. The second kappa shape index (κ2) is 7.64. The van der Waals surface area contributed by atoms with E-state index in [4.69, 9.17) is 16.3 Å². The smallest absolute Gasteiger partial charge is 0.224 e. The maximum Gasteiger partial charge on any atom is 0.224 e. The zero-order valence-electron chi connectivity index (χ0n) is 11.8. The van der Waals surface area contributed by atoms with Crippen molar-refractivity contribution in [3.63, 3.8) is 0 Å². The highest BCUT2D eigenvalue weighted by molar-refractivity contribution is 6.31. The molecule has 5 heteroatoms. The first-order chi connectivity index (χ1) is 10.2. The number of nitrogens with one attached hydrogen (secondary N) is 1. The number of aromatic nitrogens is 1. The molecule has 0 unspecified atom stereocenters. The van der Waals surface area contributed by atoms with Gasteiger partial charge in [0.2, 0.25) is 5.91 Å². The topological polar surface area (TPSA) is 51.2 Å². The molecule has 0 spiro atoms. The van der Waals surface area contributed by atoms with Crippen LogP contribution in [0.1, 0.15) is 18.4 Å². The highest BCUT2D eigenvalue weighted by atomic mass is 35.5. The van der Waals surface area contributed by atoms with E-state index < -0.39 is 0 Å². The molecule has 1 aromatic carbocycles. The molecule has 0 radical (unpaired) electrons. The van der Waals surface area contributed by atoms with Gasteiger partial charge in [0, 0.05) is 23.8 Å². The maximum atomic E-state index is 12.0. The van der Waals surface area contributed by atoms with Gasteiger partial charge in [-0.1, -0.05) is 11.6 Å². The highest BCUT2D eigenvalue weighted by Gasteiger charge is 2.08. The van der Waals surface area contributed by atoms with Crippen LogP contribution in [0, 0.1) is 0 Å². The van der Waals surface area contributed by atoms with Gasteiger partial charge in [-0.25, -0.2) is 0 Å². The first-order valence-electron chi connectivity index (χ1n) is 6.71. The molecule has 110 valence electrons. The first kappa shape index (κ1) is 15.3. The Hall–Kier alpha value is -2.07. The van der Waals surface area contributed by atoms with Gasteiger partial charge in [-0.15, -0.1) is 0 Å². The lowest BCUT2D eigenvalue weighted by atomic mass is 10.1. The van der Waals surface area contributed by atoms with Gasteiger partial charge in [0.25, 0.3) is 0 Å². The summed E-state index contributed by atoms with van der Waals surface area (Å²) in [6.45, 7) is 0. The third-order valence-corrected chi connectivity index (χ3v) is 3.29. The maximum absolute atomic E-state index is 12.0. The number of pyridine rings is 1. The summed E-state index contributed by atoms with van der Waals surface area (Å²) in [5, 5.41) is 3.39. The van der Waals surface area contributed by atoms with Crippen LogP contribution in [-0.4, -0.2) is 18.0 Å². The molecule has 0 bridgehead atoms. The van der Waals surface area contributed by atoms with Crippen molar-refractivity contribution in [2.45, 2.75) is 19.3 Å². The molecule has 1 amide bonds. The van der Waals surface area contributed by atoms with Crippen LogP contribution in [-0.2, 0) is 11.2 Å². The van der Waals surface area contributed by atoms with Gasteiger partial charge in [-0.3, -0.25) is 9.78 Å². The average Bonchev–Trinajstić information content (AvgIpc) is 2.48. The van der Waals surface area contributed by atoms with E-state index in [-0.39, 0.29) is 5.91 Å². The van der Waals surface area contributed by atoms with Crippen molar-refractivity contribution in [1.29, 1.82) is 0 Å². The van der Waals surface area contributed by atoms with E-state index in [0.29, 0.717) is 22.9 Å². The molecule has 0 aliphatic carbocycles. The Morgan fingerprint density at radius 3 is 2.76 bits per heavy atom. The molecule has 0 saturated heterocycles. The molecule has 0 fully saturated rings. The molecule has 1 heterocycles. The van der Waals surface area contributed by atoms with Crippen molar-refractivity contribution in [2.75, 3.05) is 12.4 Å². The van der Waals surface area contributed by atoms with Crippen molar-refractivity contribution in [3.8, 4) is 5.75 Å². The highest BCUT2D eigenvalue weighted by Crippen LogP contribution is 2.27. The van der Waals surface area contributed by atoms with Crippen LogP contribution in [0.15, 0.2) is 42.7 Å². The third kappa shape index (κ3) is 4.76. The molecule has 21 heavy (non-hydrogen) atoms. The number of hydrogen-bond donors (Lipinski definition) is 1. The minimum atomic E-state index is -0.0513. The van der Waals surface area contributed by atoms with Crippen molar-refractivity contribution in [1.82, 2.24) is 4.98 Å². The van der Waals surface area contributed by atoms with Gasteiger partial charge in [-0.05, 0) is 48.7 Å². The average molecular weight is 305 g/mol. The second-order valence-electron chi connectivity index (χ2n) is 4.60. The summed E-state index contributed by atoms with van der Waals surface area (Å²) in [6.07, 6.45) is 5.58. The number of nitrogens with zero attached hydrogens (tertiary/aromatic N) is 1. The summed E-state index contributed by atoms with van der Waals surface area (Å²) in [5.41, 5.74) is 1.78. The predicted molar refractivity (Wildman–Crippen MR) is 83.8 cm³/mol. The van der Waals surface area contributed by atoms with Crippen LogP contribution in [0.4, 0.5) is 5.69 Å². The summed E-state index contributed by atoms with van der Waals surface area (Å²) in [5.74, 6) is 0.548. The Kier molecular flexibility index (Phi) is 5.58. The van der Waals surface area contributed by atoms with Crippen LogP contribution in [0.5, 0.6) is 5.75 Å². The van der Waals surface area contributed by atoms with Crippen LogP contribution in [0.3, 0.4) is 0 Å². The van der Waals surface area contributed by atoms with E-state index in [1.165, 1.54) is 5.56 Å². The van der Waals surface area contributed by atoms with E-state index in [2.05, 4.69) is 10.3 Å². The summed E-state index contributed by atoms with van der Waals surface area (Å²) < 4.78 is 5.19. The normalized spacial score (nSPS) is 10.2. The van der Waals surface area contributed by atoms with E-state index in [1.807, 2.05) is 12.1 Å². The standard InChI is InChI=1S/C16H17ClN2O2/c1-21-15-6-5-13(17)11-14(15)19-16(20)4-2-3-12-7-9-18-10-8-12/h5-11H,2-4H2,1H3,(H,19,20). The molecular formula is C16H17ClN2O2. The molecule has 2 rings (SSSR count). The summed E-state index contributed by atoms with van der Waals surface area (Å²) >= 11 is 5.93. The lowest BCUT2D eigenvalue weighted by Crippen LogP contribution is -2.12. The molecule has 1 N–H and O–H groups in total. The van der Waals surface area contributed by atoms with Gasteiger partial charge in [0.05, 0.1) is 12.8 Å². The fraction of sp³-hybridized carbons (Fsp3) is 0.250. The van der Waals surface area contributed by atoms with Crippen LogP contribution in [0.25, 0.3) is 0 Å². The Bertz CT molecular complexity index is 602. The number of rotatable bonds is 6. The van der Waals surface area contributed by atoms with Gasteiger partial charge in [-0.2, -0.15) is 0 Å². The predicted octanol–water partition coefficient (Wildman–Crippen LogP) is 3.71. The van der Waals surface area contributed by atoms with E-state index in [9.17, 15) is 4.79 Å². The number of hydrogen-bond acceptors (Lipinski definition) is 3. The summed E-state index contributed by atoms with van der Waals surface area (Å²) in [4.78, 5) is 15.9. The molecule has 0 aliphatic heterocycles. The summed E-state index contributed by atoms with van der Waals surface area (Å²) in [6, 6.07) is 9.05. The number of ether oxygens (including phenoxy) is 1. The number of amides is 1. The lowest BCUT2D eigenvalue weighted by Gasteiger charge is -2.10. The van der Waals surface area contributed by atoms with E-state index in [1.54, 1.807) is 37.7 Å². The van der Waals surface area contributed by atoms with Gasteiger partial charge in [0.15, 0.2) is 0 Å². The zero-order valence-corrected chi connectivity index (χ0v) is 12.6. The first-order valence-corrected chi connectivity index (χ1v) is 7.09. The fourth-order valence-electron chi connectivity index (χ4n) is 1.99.